The minimum Gasteiger partial charge on any atom is -0.496 e. The maximum atomic E-state index is 5.27. The van der Waals surface area contributed by atoms with Crippen molar-refractivity contribution in [2.24, 2.45) is 0 Å². The Morgan fingerprint density at radius 2 is 1.76 bits per heavy atom. The molecule has 0 atom stereocenters. The van der Waals surface area contributed by atoms with E-state index in [9.17, 15) is 0 Å². The lowest BCUT2D eigenvalue weighted by Gasteiger charge is -2.13. The summed E-state index contributed by atoms with van der Waals surface area (Å²) in [5.74, 6) is 0.885. The van der Waals surface area contributed by atoms with Crippen LogP contribution in [0, 0.1) is 6.92 Å². The van der Waals surface area contributed by atoms with Crippen molar-refractivity contribution >= 4 is 27.3 Å². The number of rotatable bonds is 3. The number of para-hydroxylation sites is 1. The molecule has 0 saturated heterocycles. The van der Waals surface area contributed by atoms with Crippen molar-refractivity contribution in [3.63, 3.8) is 0 Å². The summed E-state index contributed by atoms with van der Waals surface area (Å²) in [6.45, 7) is 2.03. The molecule has 2 aromatic carbocycles. The van der Waals surface area contributed by atoms with Gasteiger partial charge in [-0.1, -0.05) is 18.2 Å². The van der Waals surface area contributed by atoms with Crippen LogP contribution in [0.4, 0.5) is 11.4 Å². The first-order valence-electron chi connectivity index (χ1n) is 5.37. The van der Waals surface area contributed by atoms with E-state index in [0.717, 1.165) is 27.2 Å². The van der Waals surface area contributed by atoms with Gasteiger partial charge in [-0.2, -0.15) is 0 Å². The molecule has 2 aromatic rings. The third-order valence-electron chi connectivity index (χ3n) is 2.61. The summed E-state index contributed by atoms with van der Waals surface area (Å²) >= 11 is 3.59. The highest BCUT2D eigenvalue weighted by Gasteiger charge is 2.07. The molecule has 0 aromatic heterocycles. The number of anilines is 2. The van der Waals surface area contributed by atoms with Crippen molar-refractivity contribution in [3.05, 3.63) is 52.5 Å². The van der Waals surface area contributed by atoms with Gasteiger partial charge in [0.05, 0.1) is 12.8 Å². The molecule has 2 rings (SSSR count). The van der Waals surface area contributed by atoms with Gasteiger partial charge in [-0.3, -0.25) is 0 Å². The van der Waals surface area contributed by atoms with Gasteiger partial charge in [-0.05, 0) is 47.1 Å². The van der Waals surface area contributed by atoms with E-state index in [1.54, 1.807) is 7.11 Å². The van der Waals surface area contributed by atoms with Crippen LogP contribution in [-0.2, 0) is 0 Å². The summed E-state index contributed by atoms with van der Waals surface area (Å²) in [7, 11) is 1.68. The third kappa shape index (κ3) is 2.61. The fraction of sp³-hybridized carbons (Fsp3) is 0.143. The molecule has 0 saturated carbocycles. The number of hydrogen-bond donors (Lipinski definition) is 1. The van der Waals surface area contributed by atoms with E-state index in [-0.39, 0.29) is 0 Å². The summed E-state index contributed by atoms with van der Waals surface area (Å²) in [6.07, 6.45) is 0. The smallest absolute Gasteiger partial charge is 0.123 e. The van der Waals surface area contributed by atoms with Crippen LogP contribution in [-0.4, -0.2) is 7.11 Å². The molecule has 0 heterocycles. The molecule has 0 bridgehead atoms. The number of ether oxygens (including phenoxy) is 1. The molecule has 0 fully saturated rings. The largest absolute Gasteiger partial charge is 0.496 e. The van der Waals surface area contributed by atoms with Crippen LogP contribution in [0.3, 0.4) is 0 Å². The topological polar surface area (TPSA) is 21.3 Å². The molecule has 3 heteroatoms. The highest BCUT2D eigenvalue weighted by atomic mass is 79.9. The van der Waals surface area contributed by atoms with Gasteiger partial charge in [0.15, 0.2) is 0 Å². The van der Waals surface area contributed by atoms with E-state index in [4.69, 9.17) is 4.74 Å². The summed E-state index contributed by atoms with van der Waals surface area (Å²) < 4.78 is 6.30. The number of benzene rings is 2. The first-order valence-corrected chi connectivity index (χ1v) is 6.17. The molecule has 0 unspecified atom stereocenters. The summed E-state index contributed by atoms with van der Waals surface area (Å²) in [5, 5.41) is 3.36. The van der Waals surface area contributed by atoms with Crippen molar-refractivity contribution in [3.8, 4) is 5.75 Å². The zero-order chi connectivity index (χ0) is 12.3. The molecule has 1 N–H and O–H groups in total. The number of hydrogen-bond acceptors (Lipinski definition) is 2. The molecule has 0 aliphatic rings. The van der Waals surface area contributed by atoms with Gasteiger partial charge in [0, 0.05) is 15.7 Å². The lowest BCUT2D eigenvalue weighted by Crippen LogP contribution is -1.94. The van der Waals surface area contributed by atoms with Gasteiger partial charge in [-0.25, -0.2) is 0 Å². The molecular weight excluding hydrogens is 278 g/mol. The second-order valence-corrected chi connectivity index (χ2v) is 4.54. The predicted molar refractivity (Wildman–Crippen MR) is 75.2 cm³/mol. The minimum absolute atomic E-state index is 0.885. The van der Waals surface area contributed by atoms with E-state index in [1.165, 1.54) is 0 Å². The minimum atomic E-state index is 0.885. The third-order valence-corrected chi connectivity index (χ3v) is 3.63. The Bertz CT molecular complexity index is 511. The summed E-state index contributed by atoms with van der Waals surface area (Å²) in [5.41, 5.74) is 3.20. The second kappa shape index (κ2) is 5.23. The lowest BCUT2D eigenvalue weighted by atomic mass is 10.2. The molecular formula is C14H14BrNO. The van der Waals surface area contributed by atoms with Crippen LogP contribution in [0.2, 0.25) is 0 Å². The Labute approximate surface area is 110 Å². The first-order chi connectivity index (χ1) is 8.22. The van der Waals surface area contributed by atoms with Gasteiger partial charge in [0.25, 0.3) is 0 Å². The second-order valence-electron chi connectivity index (χ2n) is 3.75. The molecule has 0 spiro atoms. The van der Waals surface area contributed by atoms with E-state index in [1.807, 2.05) is 49.4 Å². The Hall–Kier alpha value is -1.48. The van der Waals surface area contributed by atoms with Crippen LogP contribution in [0.5, 0.6) is 5.75 Å². The van der Waals surface area contributed by atoms with Crippen LogP contribution in [0.15, 0.2) is 46.9 Å². The van der Waals surface area contributed by atoms with Crippen molar-refractivity contribution in [1.29, 1.82) is 0 Å². The monoisotopic (exact) mass is 291 g/mol. The predicted octanol–water partition coefficient (Wildman–Crippen LogP) is 4.51. The van der Waals surface area contributed by atoms with Crippen molar-refractivity contribution < 1.29 is 4.74 Å². The Morgan fingerprint density at radius 1 is 1.06 bits per heavy atom. The molecule has 88 valence electrons. The summed E-state index contributed by atoms with van der Waals surface area (Å²) in [6, 6.07) is 14.0. The number of methoxy groups -OCH3 is 1. The van der Waals surface area contributed by atoms with Gasteiger partial charge >= 0.3 is 0 Å². The van der Waals surface area contributed by atoms with Crippen molar-refractivity contribution in [2.75, 3.05) is 12.4 Å². The zero-order valence-corrected chi connectivity index (χ0v) is 11.4. The summed E-state index contributed by atoms with van der Waals surface area (Å²) in [4.78, 5) is 0. The Morgan fingerprint density at radius 3 is 2.41 bits per heavy atom. The van der Waals surface area contributed by atoms with Crippen LogP contribution in [0.1, 0.15) is 5.56 Å². The standard InChI is InChI=1S/C14H14BrNO/c1-10-13(17-2)9-8-12(14(10)15)16-11-6-4-3-5-7-11/h3-9,16H,1-2H3. The van der Waals surface area contributed by atoms with Crippen molar-refractivity contribution in [1.82, 2.24) is 0 Å². The molecule has 17 heavy (non-hydrogen) atoms. The maximum absolute atomic E-state index is 5.27. The molecule has 0 radical (unpaired) electrons. The van der Waals surface area contributed by atoms with Crippen molar-refractivity contribution in [2.45, 2.75) is 6.92 Å². The van der Waals surface area contributed by atoms with E-state index >= 15 is 0 Å². The fourth-order valence-corrected chi connectivity index (χ4v) is 2.09. The van der Waals surface area contributed by atoms with Gasteiger partial charge in [0.2, 0.25) is 0 Å². The van der Waals surface area contributed by atoms with Crippen LogP contribution < -0.4 is 10.1 Å². The highest BCUT2D eigenvalue weighted by molar-refractivity contribution is 9.10. The average Bonchev–Trinajstić information content (AvgIpc) is 2.37. The molecule has 0 amide bonds. The molecule has 2 nitrogen and oxygen atoms in total. The fourth-order valence-electron chi connectivity index (χ4n) is 1.66. The Kier molecular flexibility index (Phi) is 3.69. The van der Waals surface area contributed by atoms with Gasteiger partial charge < -0.3 is 10.1 Å². The van der Waals surface area contributed by atoms with E-state index in [0.29, 0.717) is 0 Å². The SMILES string of the molecule is COc1ccc(Nc2ccccc2)c(Br)c1C. The normalized spacial score (nSPS) is 10.1. The first kappa shape index (κ1) is 12.0. The average molecular weight is 292 g/mol. The maximum Gasteiger partial charge on any atom is 0.123 e. The van der Waals surface area contributed by atoms with E-state index < -0.39 is 0 Å². The zero-order valence-electron chi connectivity index (χ0n) is 9.83. The van der Waals surface area contributed by atoms with Crippen LogP contribution >= 0.6 is 15.9 Å². The van der Waals surface area contributed by atoms with Gasteiger partial charge in [0.1, 0.15) is 5.75 Å². The molecule has 0 aliphatic carbocycles. The van der Waals surface area contributed by atoms with Crippen LogP contribution in [0.25, 0.3) is 0 Å². The van der Waals surface area contributed by atoms with Gasteiger partial charge in [-0.15, -0.1) is 0 Å². The molecule has 0 aliphatic heterocycles. The number of nitrogens with one attached hydrogen (secondary N) is 1. The lowest BCUT2D eigenvalue weighted by molar-refractivity contribution is 0.411. The number of halogens is 1. The Balaban J connectivity index is 2.32. The quantitative estimate of drug-likeness (QED) is 0.898. The van der Waals surface area contributed by atoms with E-state index in [2.05, 4.69) is 21.2 Å². The highest BCUT2D eigenvalue weighted by Crippen LogP contribution is 2.34.